The number of aliphatic hydroxyl groups is 1. The molecule has 0 bridgehead atoms. The first-order chi connectivity index (χ1) is 10.2. The Bertz CT molecular complexity index is 467. The Labute approximate surface area is 130 Å². The summed E-state index contributed by atoms with van der Waals surface area (Å²) in [5.41, 5.74) is 2.05. The van der Waals surface area contributed by atoms with Gasteiger partial charge in [0.05, 0.1) is 6.10 Å². The maximum atomic E-state index is 11.9. The van der Waals surface area contributed by atoms with Crippen LogP contribution in [0.25, 0.3) is 0 Å². The molecular formula is C16H24N2O2S. The summed E-state index contributed by atoms with van der Waals surface area (Å²) in [4.78, 5) is 11.9. The van der Waals surface area contributed by atoms with E-state index in [1.807, 2.05) is 30.0 Å². The molecule has 0 spiro atoms. The number of aliphatic hydroxyl groups excluding tert-OH is 1. The van der Waals surface area contributed by atoms with E-state index in [1.165, 1.54) is 5.56 Å². The maximum Gasteiger partial charge on any atom is 0.319 e. The van der Waals surface area contributed by atoms with Gasteiger partial charge in [-0.15, -0.1) is 0 Å². The van der Waals surface area contributed by atoms with Gasteiger partial charge in [0, 0.05) is 18.0 Å². The van der Waals surface area contributed by atoms with Gasteiger partial charge in [-0.3, -0.25) is 0 Å². The minimum Gasteiger partial charge on any atom is -0.393 e. The molecule has 0 aliphatic heterocycles. The monoisotopic (exact) mass is 308 g/mol. The molecule has 1 saturated carbocycles. The molecule has 1 aliphatic carbocycles. The van der Waals surface area contributed by atoms with Crippen molar-refractivity contribution in [2.45, 2.75) is 38.0 Å². The quantitative estimate of drug-likeness (QED) is 0.756. The third kappa shape index (κ3) is 5.59. The summed E-state index contributed by atoms with van der Waals surface area (Å²) in [5.74, 6) is 2.46. The summed E-state index contributed by atoms with van der Waals surface area (Å²) in [7, 11) is 0. The van der Waals surface area contributed by atoms with Gasteiger partial charge >= 0.3 is 6.03 Å². The molecule has 4 nitrogen and oxygen atoms in total. The number of hydrogen-bond donors (Lipinski definition) is 3. The number of rotatable bonds is 6. The van der Waals surface area contributed by atoms with Crippen LogP contribution in [-0.2, 0) is 5.75 Å². The lowest BCUT2D eigenvalue weighted by Crippen LogP contribution is -2.32. The second-order valence-electron chi connectivity index (χ2n) is 5.51. The van der Waals surface area contributed by atoms with Crippen molar-refractivity contribution in [3.8, 4) is 0 Å². The number of carbonyl (C=O) groups excluding carboxylic acids is 1. The van der Waals surface area contributed by atoms with Crippen molar-refractivity contribution in [1.29, 1.82) is 0 Å². The lowest BCUT2D eigenvalue weighted by atomic mass is 10.1. The van der Waals surface area contributed by atoms with Crippen LogP contribution in [0.15, 0.2) is 24.3 Å². The molecular weight excluding hydrogens is 284 g/mol. The second-order valence-corrected chi connectivity index (χ2v) is 6.78. The Balaban J connectivity index is 1.76. The Kier molecular flexibility index (Phi) is 6.39. The van der Waals surface area contributed by atoms with E-state index in [4.69, 9.17) is 0 Å². The Morgan fingerprint density at radius 2 is 2.29 bits per heavy atom. The number of carbonyl (C=O) groups is 1. The molecule has 2 unspecified atom stereocenters. The van der Waals surface area contributed by atoms with Crippen molar-refractivity contribution in [3.05, 3.63) is 29.8 Å². The molecule has 0 aromatic heterocycles. The van der Waals surface area contributed by atoms with Gasteiger partial charge in [-0.1, -0.05) is 19.1 Å². The fourth-order valence-corrected chi connectivity index (χ4v) is 3.22. The van der Waals surface area contributed by atoms with E-state index in [0.29, 0.717) is 12.5 Å². The van der Waals surface area contributed by atoms with Crippen molar-refractivity contribution >= 4 is 23.5 Å². The first-order valence-electron chi connectivity index (χ1n) is 7.57. The Morgan fingerprint density at radius 3 is 3.00 bits per heavy atom. The highest BCUT2D eigenvalue weighted by atomic mass is 32.2. The zero-order valence-electron chi connectivity index (χ0n) is 12.5. The first-order valence-corrected chi connectivity index (χ1v) is 8.72. The van der Waals surface area contributed by atoms with Crippen LogP contribution < -0.4 is 10.6 Å². The zero-order chi connectivity index (χ0) is 15.1. The third-order valence-electron chi connectivity index (χ3n) is 3.72. The Hall–Kier alpha value is -1.20. The maximum absolute atomic E-state index is 11.9. The van der Waals surface area contributed by atoms with Crippen molar-refractivity contribution in [2.24, 2.45) is 5.92 Å². The minimum atomic E-state index is -0.187. The average Bonchev–Trinajstić information content (AvgIpc) is 2.89. The molecule has 1 aliphatic rings. The molecule has 0 heterocycles. The van der Waals surface area contributed by atoms with Gasteiger partial charge < -0.3 is 15.7 Å². The number of urea groups is 1. The van der Waals surface area contributed by atoms with Gasteiger partial charge in [-0.25, -0.2) is 4.79 Å². The fraction of sp³-hybridized carbons (Fsp3) is 0.562. The van der Waals surface area contributed by atoms with Gasteiger partial charge in [0.15, 0.2) is 0 Å². The molecule has 0 saturated heterocycles. The molecule has 116 valence electrons. The number of thioether (sulfide) groups is 1. The summed E-state index contributed by atoms with van der Waals surface area (Å²) < 4.78 is 0. The zero-order valence-corrected chi connectivity index (χ0v) is 13.3. The lowest BCUT2D eigenvalue weighted by Gasteiger charge is -2.12. The van der Waals surface area contributed by atoms with Gasteiger partial charge in [-0.05, 0) is 48.6 Å². The van der Waals surface area contributed by atoms with Crippen LogP contribution in [0.4, 0.5) is 10.5 Å². The largest absolute Gasteiger partial charge is 0.393 e. The van der Waals surface area contributed by atoms with E-state index >= 15 is 0 Å². The summed E-state index contributed by atoms with van der Waals surface area (Å²) in [5, 5.41) is 15.2. The number of anilines is 1. The van der Waals surface area contributed by atoms with Gasteiger partial charge in [-0.2, -0.15) is 11.8 Å². The fourth-order valence-electron chi connectivity index (χ4n) is 2.61. The highest BCUT2D eigenvalue weighted by molar-refractivity contribution is 7.98. The third-order valence-corrected chi connectivity index (χ3v) is 4.67. The molecule has 1 fully saturated rings. The summed E-state index contributed by atoms with van der Waals surface area (Å²) in [6, 6.07) is 7.79. The topological polar surface area (TPSA) is 61.4 Å². The molecule has 0 radical (unpaired) electrons. The van der Waals surface area contributed by atoms with E-state index in [-0.39, 0.29) is 12.1 Å². The van der Waals surface area contributed by atoms with Crippen LogP contribution in [0.1, 0.15) is 31.7 Å². The molecule has 5 heteroatoms. The second kappa shape index (κ2) is 8.29. The standard InChI is InChI=1S/C16H24N2O2S/c1-2-21-11-13-4-3-5-14(8-13)18-16(20)17-10-12-6-7-15(19)9-12/h3-5,8,12,15,19H,2,6-7,9-11H2,1H3,(H2,17,18,20). The SMILES string of the molecule is CCSCc1cccc(NC(=O)NCC2CCC(O)C2)c1. The van der Waals surface area contributed by atoms with Crippen molar-refractivity contribution in [1.82, 2.24) is 5.32 Å². The smallest absolute Gasteiger partial charge is 0.319 e. The molecule has 3 N–H and O–H groups in total. The van der Waals surface area contributed by atoms with E-state index < -0.39 is 0 Å². The van der Waals surface area contributed by atoms with E-state index in [9.17, 15) is 9.90 Å². The number of hydrogen-bond acceptors (Lipinski definition) is 3. The van der Waals surface area contributed by atoms with Crippen molar-refractivity contribution < 1.29 is 9.90 Å². The van der Waals surface area contributed by atoms with Crippen LogP contribution in [0.2, 0.25) is 0 Å². The number of benzene rings is 1. The lowest BCUT2D eigenvalue weighted by molar-refractivity contribution is 0.177. The van der Waals surface area contributed by atoms with Crippen LogP contribution in [-0.4, -0.2) is 29.5 Å². The summed E-state index contributed by atoms with van der Waals surface area (Å²) in [6.07, 6.45) is 2.45. The van der Waals surface area contributed by atoms with Crippen LogP contribution in [0, 0.1) is 5.92 Å². The van der Waals surface area contributed by atoms with Crippen LogP contribution in [0.5, 0.6) is 0 Å². The highest BCUT2D eigenvalue weighted by Gasteiger charge is 2.22. The molecule has 21 heavy (non-hydrogen) atoms. The Morgan fingerprint density at radius 1 is 1.43 bits per heavy atom. The van der Waals surface area contributed by atoms with Crippen LogP contribution in [0.3, 0.4) is 0 Å². The van der Waals surface area contributed by atoms with E-state index in [1.54, 1.807) is 0 Å². The predicted octanol–water partition coefficient (Wildman–Crippen LogP) is 3.22. The predicted molar refractivity (Wildman–Crippen MR) is 88.6 cm³/mol. The highest BCUT2D eigenvalue weighted by Crippen LogP contribution is 2.24. The summed E-state index contributed by atoms with van der Waals surface area (Å²) >= 11 is 1.86. The number of nitrogens with one attached hydrogen (secondary N) is 2. The van der Waals surface area contributed by atoms with Crippen LogP contribution >= 0.6 is 11.8 Å². The molecule has 2 amide bonds. The van der Waals surface area contributed by atoms with Gasteiger partial charge in [0.2, 0.25) is 0 Å². The molecule has 1 aromatic carbocycles. The van der Waals surface area contributed by atoms with Gasteiger partial charge in [0.1, 0.15) is 0 Å². The number of amides is 2. The average molecular weight is 308 g/mol. The van der Waals surface area contributed by atoms with E-state index in [0.717, 1.165) is 36.5 Å². The summed E-state index contributed by atoms with van der Waals surface area (Å²) in [6.45, 7) is 2.77. The molecule has 2 rings (SSSR count). The normalized spacial score (nSPS) is 21.2. The first kappa shape index (κ1) is 16.2. The minimum absolute atomic E-state index is 0.170. The molecule has 1 aromatic rings. The van der Waals surface area contributed by atoms with Crippen molar-refractivity contribution in [2.75, 3.05) is 17.6 Å². The van der Waals surface area contributed by atoms with E-state index in [2.05, 4.69) is 23.6 Å². The van der Waals surface area contributed by atoms with Gasteiger partial charge in [0.25, 0.3) is 0 Å². The van der Waals surface area contributed by atoms with Crippen molar-refractivity contribution in [3.63, 3.8) is 0 Å². The molecule has 2 atom stereocenters.